The average molecular weight is 286 g/mol. The molecule has 2 rings (SSSR count). The summed E-state index contributed by atoms with van der Waals surface area (Å²) in [5, 5.41) is 13.6. The molecule has 0 bridgehead atoms. The summed E-state index contributed by atoms with van der Waals surface area (Å²) in [7, 11) is 0. The Hall–Kier alpha value is -2.69. The maximum Gasteiger partial charge on any atom is 0.271 e. The smallest absolute Gasteiger partial charge is 0.271 e. The minimum Gasteiger partial charge on any atom is -0.507 e. The lowest BCUT2D eigenvalue weighted by Gasteiger charge is -2.06. The molecule has 4 nitrogen and oxygen atoms in total. The van der Waals surface area contributed by atoms with Crippen molar-refractivity contribution in [1.82, 2.24) is 5.43 Å². The van der Waals surface area contributed by atoms with Gasteiger partial charge in [0.25, 0.3) is 5.91 Å². The number of hydrogen-bond donors (Lipinski definition) is 2. The summed E-state index contributed by atoms with van der Waals surface area (Å²) in [6.07, 6.45) is 0. The first-order valence-corrected chi connectivity index (χ1v) is 6.38. The van der Waals surface area contributed by atoms with Gasteiger partial charge < -0.3 is 5.11 Å². The second-order valence-corrected chi connectivity index (χ2v) is 4.61. The number of carbonyl (C=O) groups is 1. The molecule has 108 valence electrons. The van der Waals surface area contributed by atoms with Crippen LogP contribution in [0.25, 0.3) is 0 Å². The van der Waals surface area contributed by atoms with Gasteiger partial charge >= 0.3 is 0 Å². The molecule has 2 aromatic carbocycles. The van der Waals surface area contributed by atoms with Crippen LogP contribution in [0.15, 0.2) is 47.6 Å². The molecule has 1 amide bonds. The van der Waals surface area contributed by atoms with Crippen molar-refractivity contribution in [3.8, 4) is 5.75 Å². The largest absolute Gasteiger partial charge is 0.507 e. The van der Waals surface area contributed by atoms with Gasteiger partial charge in [-0.25, -0.2) is 9.82 Å². The highest BCUT2D eigenvalue weighted by atomic mass is 19.1. The van der Waals surface area contributed by atoms with Crippen LogP contribution < -0.4 is 5.43 Å². The van der Waals surface area contributed by atoms with E-state index in [-0.39, 0.29) is 17.2 Å². The van der Waals surface area contributed by atoms with Crippen LogP contribution in [-0.4, -0.2) is 16.7 Å². The van der Waals surface area contributed by atoms with E-state index in [1.165, 1.54) is 6.07 Å². The maximum atomic E-state index is 13.2. The Balaban J connectivity index is 2.19. The van der Waals surface area contributed by atoms with Crippen molar-refractivity contribution in [1.29, 1.82) is 0 Å². The van der Waals surface area contributed by atoms with Crippen LogP contribution in [0.4, 0.5) is 4.39 Å². The zero-order chi connectivity index (χ0) is 15.4. The fraction of sp³-hybridized carbons (Fsp3) is 0.125. The number of carbonyl (C=O) groups excluding carboxylic acids is 1. The Kier molecular flexibility index (Phi) is 4.33. The molecule has 2 aromatic rings. The van der Waals surface area contributed by atoms with Gasteiger partial charge in [0.05, 0.1) is 5.71 Å². The van der Waals surface area contributed by atoms with E-state index < -0.39 is 5.82 Å². The number of phenols is 1. The molecule has 0 aliphatic rings. The van der Waals surface area contributed by atoms with Gasteiger partial charge in [0.1, 0.15) is 11.6 Å². The minimum atomic E-state index is -0.484. The van der Waals surface area contributed by atoms with Crippen LogP contribution in [0.3, 0.4) is 0 Å². The van der Waals surface area contributed by atoms with E-state index in [0.717, 1.165) is 17.7 Å². The third-order valence-corrected chi connectivity index (χ3v) is 3.06. The van der Waals surface area contributed by atoms with Crippen LogP contribution >= 0.6 is 0 Å². The summed E-state index contributed by atoms with van der Waals surface area (Å²) in [5.74, 6) is -0.936. The Bertz CT molecular complexity index is 711. The number of phenolic OH excluding ortho intramolecular Hbond substituents is 1. The number of hydrogen-bond acceptors (Lipinski definition) is 3. The van der Waals surface area contributed by atoms with Crippen molar-refractivity contribution in [2.24, 2.45) is 5.10 Å². The molecule has 0 aliphatic carbocycles. The average Bonchev–Trinajstić information content (AvgIpc) is 2.47. The van der Waals surface area contributed by atoms with Crippen LogP contribution in [0.1, 0.15) is 28.4 Å². The van der Waals surface area contributed by atoms with E-state index >= 15 is 0 Å². The molecule has 0 saturated carbocycles. The van der Waals surface area contributed by atoms with Gasteiger partial charge in [0.2, 0.25) is 0 Å². The fourth-order valence-corrected chi connectivity index (χ4v) is 1.88. The predicted molar refractivity (Wildman–Crippen MR) is 78.9 cm³/mol. The van der Waals surface area contributed by atoms with Crippen LogP contribution in [0.5, 0.6) is 5.75 Å². The normalized spacial score (nSPS) is 11.3. The van der Waals surface area contributed by atoms with Crippen molar-refractivity contribution in [3.63, 3.8) is 0 Å². The molecule has 21 heavy (non-hydrogen) atoms. The number of hydrazone groups is 1. The predicted octanol–water partition coefficient (Wildman–Crippen LogP) is 2.99. The van der Waals surface area contributed by atoms with Crippen molar-refractivity contribution in [2.45, 2.75) is 13.8 Å². The molecule has 2 N–H and O–H groups in total. The summed E-state index contributed by atoms with van der Waals surface area (Å²) < 4.78 is 13.2. The Morgan fingerprint density at radius 1 is 1.19 bits per heavy atom. The number of aryl methyl sites for hydroxylation is 1. The summed E-state index contributed by atoms with van der Waals surface area (Å²) >= 11 is 0. The Morgan fingerprint density at radius 3 is 2.62 bits per heavy atom. The summed E-state index contributed by atoms with van der Waals surface area (Å²) in [4.78, 5) is 12.0. The van der Waals surface area contributed by atoms with E-state index in [2.05, 4.69) is 10.5 Å². The van der Waals surface area contributed by atoms with E-state index in [0.29, 0.717) is 11.3 Å². The van der Waals surface area contributed by atoms with E-state index in [4.69, 9.17) is 0 Å². The van der Waals surface area contributed by atoms with Gasteiger partial charge in [-0.1, -0.05) is 18.2 Å². The standard InChI is InChI=1S/C16H15FN2O2/c1-10-5-3-4-6-13(10)16(21)19-18-11(2)14-9-12(17)7-8-15(14)20/h3-9,20H,1-2H3,(H,19,21)/b18-11+. The van der Waals surface area contributed by atoms with E-state index in [9.17, 15) is 14.3 Å². The second kappa shape index (κ2) is 6.17. The molecular formula is C16H15FN2O2. The zero-order valence-corrected chi connectivity index (χ0v) is 11.7. The van der Waals surface area contributed by atoms with Gasteiger partial charge in [0.15, 0.2) is 0 Å². The second-order valence-electron chi connectivity index (χ2n) is 4.61. The number of benzene rings is 2. The van der Waals surface area contributed by atoms with Crippen molar-refractivity contribution in [2.75, 3.05) is 0 Å². The van der Waals surface area contributed by atoms with Gasteiger partial charge in [-0.05, 0) is 43.7 Å². The van der Waals surface area contributed by atoms with Crippen LogP contribution in [0.2, 0.25) is 0 Å². The Labute approximate surface area is 121 Å². The van der Waals surface area contributed by atoms with Crippen LogP contribution in [0, 0.1) is 12.7 Å². The zero-order valence-electron chi connectivity index (χ0n) is 11.7. The molecule has 0 saturated heterocycles. The van der Waals surface area contributed by atoms with Crippen molar-refractivity contribution >= 4 is 11.6 Å². The number of nitrogens with zero attached hydrogens (tertiary/aromatic N) is 1. The van der Waals surface area contributed by atoms with Gasteiger partial charge in [-0.2, -0.15) is 5.10 Å². The quantitative estimate of drug-likeness (QED) is 0.673. The molecule has 0 radical (unpaired) electrons. The number of aromatic hydroxyl groups is 1. The molecule has 5 heteroatoms. The fourth-order valence-electron chi connectivity index (χ4n) is 1.88. The van der Waals surface area contributed by atoms with Crippen molar-refractivity contribution in [3.05, 3.63) is 65.0 Å². The lowest BCUT2D eigenvalue weighted by Crippen LogP contribution is -2.20. The topological polar surface area (TPSA) is 61.7 Å². The third-order valence-electron chi connectivity index (χ3n) is 3.06. The summed E-state index contributed by atoms with van der Waals surface area (Å²) in [5.41, 5.74) is 4.29. The van der Waals surface area contributed by atoms with Crippen molar-refractivity contribution < 1.29 is 14.3 Å². The molecule has 0 unspecified atom stereocenters. The van der Waals surface area contributed by atoms with Crippen LogP contribution in [-0.2, 0) is 0 Å². The van der Waals surface area contributed by atoms with E-state index in [1.807, 2.05) is 19.1 Å². The number of amides is 1. The van der Waals surface area contributed by atoms with Gasteiger partial charge in [-0.3, -0.25) is 4.79 Å². The first-order valence-electron chi connectivity index (χ1n) is 6.38. The molecule has 0 spiro atoms. The maximum absolute atomic E-state index is 13.2. The number of halogens is 1. The van der Waals surface area contributed by atoms with Gasteiger partial charge in [-0.15, -0.1) is 0 Å². The number of rotatable bonds is 3. The first-order chi connectivity index (χ1) is 9.99. The summed E-state index contributed by atoms with van der Waals surface area (Å²) in [6.45, 7) is 3.40. The summed E-state index contributed by atoms with van der Waals surface area (Å²) in [6, 6.07) is 10.7. The number of nitrogens with one attached hydrogen (secondary N) is 1. The highest BCUT2D eigenvalue weighted by molar-refractivity contribution is 6.02. The molecule has 0 aromatic heterocycles. The molecule has 0 heterocycles. The third kappa shape index (κ3) is 3.45. The molecular weight excluding hydrogens is 271 g/mol. The lowest BCUT2D eigenvalue weighted by molar-refractivity contribution is 0.0954. The molecule has 0 fully saturated rings. The highest BCUT2D eigenvalue weighted by Crippen LogP contribution is 2.18. The molecule has 0 aliphatic heterocycles. The van der Waals surface area contributed by atoms with Gasteiger partial charge in [0, 0.05) is 11.1 Å². The lowest BCUT2D eigenvalue weighted by atomic mass is 10.1. The monoisotopic (exact) mass is 286 g/mol. The first kappa shape index (κ1) is 14.7. The minimum absolute atomic E-state index is 0.0946. The highest BCUT2D eigenvalue weighted by Gasteiger charge is 2.09. The Morgan fingerprint density at radius 2 is 1.90 bits per heavy atom. The SMILES string of the molecule is C/C(=N\NC(=O)c1ccccc1C)c1cc(F)ccc1O. The molecule has 0 atom stereocenters. The van der Waals surface area contributed by atoms with E-state index in [1.54, 1.807) is 19.1 Å².